The highest BCUT2D eigenvalue weighted by molar-refractivity contribution is 5.93. The Hall–Kier alpha value is -3.74. The van der Waals surface area contributed by atoms with Gasteiger partial charge in [0.1, 0.15) is 18.0 Å². The Balaban J connectivity index is 1.84. The fourth-order valence-corrected chi connectivity index (χ4v) is 3.94. The summed E-state index contributed by atoms with van der Waals surface area (Å²) in [5, 5.41) is 8.23. The van der Waals surface area contributed by atoms with Crippen LogP contribution in [0.3, 0.4) is 0 Å². The van der Waals surface area contributed by atoms with E-state index in [1.165, 1.54) is 27.4 Å². The number of hydrogen-bond donors (Lipinski definition) is 1. The summed E-state index contributed by atoms with van der Waals surface area (Å²) < 4.78 is 16.8. The van der Waals surface area contributed by atoms with Crippen molar-refractivity contribution >= 4 is 22.6 Å². The maximum Gasteiger partial charge on any atom is 0.252 e. The molecule has 0 aliphatic carbocycles. The number of carbonyl (C=O) groups excluding carboxylic acids is 1. The third-order valence-corrected chi connectivity index (χ3v) is 5.39. The van der Waals surface area contributed by atoms with E-state index in [0.717, 1.165) is 27.8 Å². The van der Waals surface area contributed by atoms with Gasteiger partial charge in [-0.25, -0.2) is 9.07 Å². The molecule has 4 aromatic rings. The molecular formula is C24H23FN4O2. The molecule has 0 spiro atoms. The lowest BCUT2D eigenvalue weighted by molar-refractivity contribution is -0.116. The maximum atomic E-state index is 13.9. The van der Waals surface area contributed by atoms with Crippen LogP contribution in [0.2, 0.25) is 0 Å². The molecule has 0 aliphatic rings. The number of anilines is 1. The third-order valence-electron chi connectivity index (χ3n) is 5.39. The van der Waals surface area contributed by atoms with Crippen LogP contribution in [-0.2, 0) is 11.3 Å². The summed E-state index contributed by atoms with van der Waals surface area (Å²) in [6.07, 6.45) is 0. The molecular weight excluding hydrogens is 395 g/mol. The van der Waals surface area contributed by atoms with E-state index in [9.17, 15) is 14.0 Å². The number of para-hydroxylation sites is 1. The minimum Gasteiger partial charge on any atom is -0.324 e. The molecule has 2 aromatic carbocycles. The van der Waals surface area contributed by atoms with Gasteiger partial charge in [0.15, 0.2) is 0 Å². The van der Waals surface area contributed by atoms with Crippen LogP contribution in [0.1, 0.15) is 22.4 Å². The van der Waals surface area contributed by atoms with Gasteiger partial charge in [-0.15, -0.1) is 0 Å². The summed E-state index contributed by atoms with van der Waals surface area (Å²) in [5.41, 5.74) is 4.69. The number of aryl methyl sites for hydroxylation is 4. The molecule has 0 aliphatic heterocycles. The number of fused-ring (bicyclic) bond motifs is 1. The third kappa shape index (κ3) is 3.74. The Bertz CT molecular complexity index is 1360. The summed E-state index contributed by atoms with van der Waals surface area (Å²) >= 11 is 0. The number of nitrogens with one attached hydrogen (secondary N) is 1. The number of nitrogens with zero attached hydrogens (tertiary/aromatic N) is 3. The lowest BCUT2D eigenvalue weighted by atomic mass is 10.1. The van der Waals surface area contributed by atoms with Crippen molar-refractivity contribution in [3.05, 3.63) is 87.1 Å². The SMILES string of the molecule is Cc1cccc(C)c1NC(=O)Cn1c(=O)cc(C)c2c(C)nn(-c3cccc(F)c3)c21. The average Bonchev–Trinajstić information content (AvgIpc) is 3.06. The number of carbonyl (C=O) groups is 1. The summed E-state index contributed by atoms with van der Waals surface area (Å²) in [6.45, 7) is 7.30. The normalized spacial score (nSPS) is 11.1. The smallest absolute Gasteiger partial charge is 0.252 e. The Morgan fingerprint density at radius 1 is 1.00 bits per heavy atom. The van der Waals surface area contributed by atoms with Crippen LogP contribution in [0.5, 0.6) is 0 Å². The second-order valence-corrected chi connectivity index (χ2v) is 7.74. The highest BCUT2D eigenvalue weighted by Crippen LogP contribution is 2.24. The van der Waals surface area contributed by atoms with E-state index >= 15 is 0 Å². The first-order valence-corrected chi connectivity index (χ1v) is 9.98. The largest absolute Gasteiger partial charge is 0.324 e. The van der Waals surface area contributed by atoms with Gasteiger partial charge in [-0.2, -0.15) is 5.10 Å². The number of benzene rings is 2. The Morgan fingerprint density at radius 2 is 1.68 bits per heavy atom. The van der Waals surface area contributed by atoms with Crippen LogP contribution < -0.4 is 10.9 Å². The van der Waals surface area contributed by atoms with E-state index in [1.807, 2.05) is 45.9 Å². The van der Waals surface area contributed by atoms with E-state index in [-0.39, 0.29) is 18.0 Å². The number of pyridine rings is 1. The van der Waals surface area contributed by atoms with Crippen molar-refractivity contribution in [1.82, 2.24) is 14.3 Å². The lowest BCUT2D eigenvalue weighted by Gasteiger charge is -2.14. The topological polar surface area (TPSA) is 68.9 Å². The summed E-state index contributed by atoms with van der Waals surface area (Å²) in [5.74, 6) is -0.734. The summed E-state index contributed by atoms with van der Waals surface area (Å²) in [6, 6.07) is 13.2. The predicted octanol–water partition coefficient (Wildman–Crippen LogP) is 4.20. The van der Waals surface area contributed by atoms with Crippen LogP contribution in [0.15, 0.2) is 53.3 Å². The van der Waals surface area contributed by atoms with Crippen molar-refractivity contribution in [1.29, 1.82) is 0 Å². The molecule has 0 bridgehead atoms. The number of hydrogen-bond acceptors (Lipinski definition) is 3. The minimum absolute atomic E-state index is 0.191. The van der Waals surface area contributed by atoms with Crippen molar-refractivity contribution in [2.75, 3.05) is 5.32 Å². The number of aromatic nitrogens is 3. The highest BCUT2D eigenvalue weighted by Gasteiger charge is 2.19. The molecule has 31 heavy (non-hydrogen) atoms. The van der Waals surface area contributed by atoms with Crippen LogP contribution in [0, 0.1) is 33.5 Å². The molecule has 1 amide bonds. The molecule has 0 atom stereocenters. The molecule has 1 N–H and O–H groups in total. The van der Waals surface area contributed by atoms with E-state index in [1.54, 1.807) is 12.1 Å². The van der Waals surface area contributed by atoms with Gasteiger partial charge < -0.3 is 5.32 Å². The predicted molar refractivity (Wildman–Crippen MR) is 119 cm³/mol. The van der Waals surface area contributed by atoms with Gasteiger partial charge in [-0.05, 0) is 62.6 Å². The van der Waals surface area contributed by atoms with Gasteiger partial charge in [0.25, 0.3) is 5.56 Å². The molecule has 6 nitrogen and oxygen atoms in total. The zero-order chi connectivity index (χ0) is 22.3. The van der Waals surface area contributed by atoms with Gasteiger partial charge in [-0.1, -0.05) is 24.3 Å². The van der Waals surface area contributed by atoms with Crippen LogP contribution in [-0.4, -0.2) is 20.3 Å². The lowest BCUT2D eigenvalue weighted by Crippen LogP contribution is -2.29. The molecule has 0 saturated carbocycles. The second-order valence-electron chi connectivity index (χ2n) is 7.74. The average molecular weight is 418 g/mol. The molecule has 7 heteroatoms. The molecule has 2 aromatic heterocycles. The van der Waals surface area contributed by atoms with Gasteiger partial charge >= 0.3 is 0 Å². The Morgan fingerprint density at radius 3 is 2.35 bits per heavy atom. The van der Waals surface area contributed by atoms with Crippen molar-refractivity contribution in [2.24, 2.45) is 0 Å². The number of halogens is 1. The standard InChI is InChI=1S/C24H23FN4O2/c1-14-7-5-8-15(2)23(14)26-20(30)13-28-21(31)11-16(3)22-17(4)27-29(24(22)28)19-10-6-9-18(25)12-19/h5-12H,13H2,1-4H3,(H,26,30). The first kappa shape index (κ1) is 20.5. The van der Waals surface area contributed by atoms with Gasteiger partial charge in [-0.3, -0.25) is 14.2 Å². The Labute approximate surface area is 178 Å². The van der Waals surface area contributed by atoms with Crippen LogP contribution in [0.4, 0.5) is 10.1 Å². The maximum absolute atomic E-state index is 13.9. The monoisotopic (exact) mass is 418 g/mol. The van der Waals surface area contributed by atoms with Crippen molar-refractivity contribution < 1.29 is 9.18 Å². The van der Waals surface area contributed by atoms with E-state index in [0.29, 0.717) is 17.0 Å². The zero-order valence-corrected chi connectivity index (χ0v) is 17.9. The van der Waals surface area contributed by atoms with Gasteiger partial charge in [0, 0.05) is 17.1 Å². The van der Waals surface area contributed by atoms with E-state index in [2.05, 4.69) is 10.4 Å². The van der Waals surface area contributed by atoms with Crippen molar-refractivity contribution in [3.8, 4) is 5.69 Å². The number of rotatable bonds is 4. The van der Waals surface area contributed by atoms with Gasteiger partial charge in [0.2, 0.25) is 5.91 Å². The number of amides is 1. The van der Waals surface area contributed by atoms with E-state index < -0.39 is 5.82 Å². The first-order valence-electron chi connectivity index (χ1n) is 9.98. The summed E-state index contributed by atoms with van der Waals surface area (Å²) in [4.78, 5) is 25.8. The fourth-order valence-electron chi connectivity index (χ4n) is 3.94. The van der Waals surface area contributed by atoms with E-state index in [4.69, 9.17) is 0 Å². The van der Waals surface area contributed by atoms with Crippen molar-refractivity contribution in [2.45, 2.75) is 34.2 Å². The molecule has 0 unspecified atom stereocenters. The molecule has 4 rings (SSSR count). The second kappa shape index (κ2) is 7.83. The molecule has 0 radical (unpaired) electrons. The molecule has 158 valence electrons. The fraction of sp³-hybridized carbons (Fsp3) is 0.208. The van der Waals surface area contributed by atoms with Crippen molar-refractivity contribution in [3.63, 3.8) is 0 Å². The molecule has 0 saturated heterocycles. The quantitative estimate of drug-likeness (QED) is 0.540. The highest BCUT2D eigenvalue weighted by atomic mass is 19.1. The zero-order valence-electron chi connectivity index (χ0n) is 17.9. The summed E-state index contributed by atoms with van der Waals surface area (Å²) in [7, 11) is 0. The molecule has 2 heterocycles. The molecule has 0 fully saturated rings. The van der Waals surface area contributed by atoms with Crippen LogP contribution >= 0.6 is 0 Å². The Kier molecular flexibility index (Phi) is 5.19. The first-order chi connectivity index (χ1) is 14.8. The van der Waals surface area contributed by atoms with Crippen LogP contribution in [0.25, 0.3) is 16.7 Å². The minimum atomic E-state index is -0.409. The van der Waals surface area contributed by atoms with Gasteiger partial charge in [0.05, 0.1) is 11.4 Å².